The largest absolute Gasteiger partial charge is 0.478 e. The van der Waals surface area contributed by atoms with Crippen LogP contribution >= 0.6 is 11.3 Å². The maximum absolute atomic E-state index is 12.1. The Bertz CT molecular complexity index is 692. The lowest BCUT2D eigenvalue weighted by Gasteiger charge is -2.03. The molecule has 0 aromatic carbocycles. The highest BCUT2D eigenvalue weighted by Crippen LogP contribution is 2.18. The third kappa shape index (κ3) is 4.25. The molecule has 0 unspecified atom stereocenters. The summed E-state index contributed by atoms with van der Waals surface area (Å²) in [6.45, 7) is 2.04. The van der Waals surface area contributed by atoms with Crippen molar-refractivity contribution in [2.75, 3.05) is 5.32 Å². The summed E-state index contributed by atoms with van der Waals surface area (Å²) in [5.41, 5.74) is 0.468. The van der Waals surface area contributed by atoms with Crippen LogP contribution in [0.25, 0.3) is 6.08 Å². The van der Waals surface area contributed by atoms with Crippen LogP contribution in [0, 0.1) is 0 Å². The van der Waals surface area contributed by atoms with E-state index in [9.17, 15) is 9.59 Å². The fraction of sp³-hybridized carbons (Fsp3) is 0.133. The van der Waals surface area contributed by atoms with Gasteiger partial charge in [0.15, 0.2) is 0 Å². The van der Waals surface area contributed by atoms with E-state index in [4.69, 9.17) is 5.11 Å². The molecule has 2 rings (SSSR count). The molecular weight excluding hydrogens is 288 g/mol. The summed E-state index contributed by atoms with van der Waals surface area (Å²) in [4.78, 5) is 28.5. The smallest absolute Gasteiger partial charge is 0.328 e. The number of carboxylic acids is 1. The first kappa shape index (κ1) is 14.9. The highest BCUT2D eigenvalue weighted by molar-refractivity contribution is 7.14. The van der Waals surface area contributed by atoms with Crippen LogP contribution in [0.4, 0.5) is 5.82 Å². The molecule has 2 N–H and O–H groups in total. The van der Waals surface area contributed by atoms with Gasteiger partial charge in [-0.25, -0.2) is 9.78 Å². The van der Waals surface area contributed by atoms with Gasteiger partial charge < -0.3 is 10.4 Å². The standard InChI is InChI=1S/C15H14N2O3S/c1-2-11-7-8-12(21-11)15(20)17-13-5-3-4-10(16-13)6-9-14(18)19/h3-9H,2H2,1H3,(H,18,19)(H,16,17,20). The first-order valence-electron chi connectivity index (χ1n) is 6.36. The Morgan fingerprint density at radius 3 is 2.81 bits per heavy atom. The van der Waals surface area contributed by atoms with Crippen LogP contribution in [0.3, 0.4) is 0 Å². The number of pyridine rings is 1. The van der Waals surface area contributed by atoms with Crippen molar-refractivity contribution in [3.8, 4) is 0 Å². The van der Waals surface area contributed by atoms with Crippen molar-refractivity contribution in [3.05, 3.63) is 51.9 Å². The van der Waals surface area contributed by atoms with Crippen molar-refractivity contribution in [2.45, 2.75) is 13.3 Å². The van der Waals surface area contributed by atoms with Crippen LogP contribution in [0.15, 0.2) is 36.4 Å². The maximum atomic E-state index is 12.1. The number of rotatable bonds is 5. The van der Waals surface area contributed by atoms with Gasteiger partial charge in [0.1, 0.15) is 5.82 Å². The second-order valence-electron chi connectivity index (χ2n) is 4.19. The molecule has 21 heavy (non-hydrogen) atoms. The Morgan fingerprint density at radius 2 is 2.14 bits per heavy atom. The van der Waals surface area contributed by atoms with Gasteiger partial charge in [0.25, 0.3) is 5.91 Å². The van der Waals surface area contributed by atoms with Crippen molar-refractivity contribution in [1.29, 1.82) is 0 Å². The van der Waals surface area contributed by atoms with E-state index in [1.165, 1.54) is 17.4 Å². The molecule has 0 spiro atoms. The quantitative estimate of drug-likeness (QED) is 0.832. The van der Waals surface area contributed by atoms with Gasteiger partial charge in [-0.1, -0.05) is 13.0 Å². The zero-order valence-corrected chi connectivity index (χ0v) is 12.2. The third-order valence-corrected chi connectivity index (χ3v) is 3.87. The SMILES string of the molecule is CCc1ccc(C(=O)Nc2cccc(C=CC(=O)O)n2)s1. The molecule has 6 heteroatoms. The Labute approximate surface area is 126 Å². The van der Waals surface area contributed by atoms with E-state index < -0.39 is 5.97 Å². The number of nitrogens with one attached hydrogen (secondary N) is 1. The molecular formula is C15H14N2O3S. The number of hydrogen-bond donors (Lipinski definition) is 2. The lowest BCUT2D eigenvalue weighted by molar-refractivity contribution is -0.131. The summed E-state index contributed by atoms with van der Waals surface area (Å²) < 4.78 is 0. The number of aromatic nitrogens is 1. The molecule has 2 aromatic rings. The summed E-state index contributed by atoms with van der Waals surface area (Å²) in [5.74, 6) is -0.873. The van der Waals surface area contributed by atoms with Crippen LogP contribution < -0.4 is 5.32 Å². The molecule has 0 saturated carbocycles. The van der Waals surface area contributed by atoms with Gasteiger partial charge in [0.2, 0.25) is 0 Å². The summed E-state index contributed by atoms with van der Waals surface area (Å²) in [7, 11) is 0. The highest BCUT2D eigenvalue weighted by atomic mass is 32.1. The zero-order chi connectivity index (χ0) is 15.2. The number of aryl methyl sites for hydroxylation is 1. The zero-order valence-electron chi connectivity index (χ0n) is 11.4. The molecule has 0 fully saturated rings. The summed E-state index contributed by atoms with van der Waals surface area (Å²) in [5, 5.41) is 11.3. The first-order valence-corrected chi connectivity index (χ1v) is 7.18. The molecule has 0 atom stereocenters. The summed E-state index contributed by atoms with van der Waals surface area (Å²) in [6, 6.07) is 8.74. The van der Waals surface area contributed by atoms with Gasteiger partial charge in [-0.15, -0.1) is 11.3 Å². The van der Waals surface area contributed by atoms with Gasteiger partial charge in [0.05, 0.1) is 10.6 Å². The Hall–Kier alpha value is -2.47. The van der Waals surface area contributed by atoms with Crippen LogP contribution in [0.2, 0.25) is 0 Å². The molecule has 0 aliphatic rings. The molecule has 0 aliphatic heterocycles. The van der Waals surface area contributed by atoms with Gasteiger partial charge >= 0.3 is 5.97 Å². The van der Waals surface area contributed by atoms with Crippen molar-refractivity contribution in [1.82, 2.24) is 4.98 Å². The molecule has 0 bridgehead atoms. The minimum absolute atomic E-state index is 0.216. The lowest BCUT2D eigenvalue weighted by Crippen LogP contribution is -2.11. The number of hydrogen-bond acceptors (Lipinski definition) is 4. The van der Waals surface area contributed by atoms with E-state index in [0.717, 1.165) is 17.4 Å². The Balaban J connectivity index is 2.10. The van der Waals surface area contributed by atoms with E-state index in [2.05, 4.69) is 10.3 Å². The monoisotopic (exact) mass is 302 g/mol. The van der Waals surface area contributed by atoms with E-state index in [-0.39, 0.29) is 5.91 Å². The van der Waals surface area contributed by atoms with Crippen LogP contribution in [0.1, 0.15) is 27.2 Å². The third-order valence-electron chi connectivity index (χ3n) is 2.64. The van der Waals surface area contributed by atoms with Crippen molar-refractivity contribution in [3.63, 3.8) is 0 Å². The maximum Gasteiger partial charge on any atom is 0.328 e. The number of aliphatic carboxylic acids is 1. The van der Waals surface area contributed by atoms with E-state index in [1.54, 1.807) is 24.3 Å². The molecule has 1 amide bonds. The predicted octanol–water partition coefficient (Wildman–Crippen LogP) is 3.06. The average molecular weight is 302 g/mol. The normalized spacial score (nSPS) is 10.7. The average Bonchev–Trinajstić information content (AvgIpc) is 2.94. The van der Waals surface area contributed by atoms with Crippen LogP contribution in [0.5, 0.6) is 0 Å². The number of amides is 1. The van der Waals surface area contributed by atoms with E-state index in [1.807, 2.05) is 13.0 Å². The van der Waals surface area contributed by atoms with Gasteiger partial charge in [-0.3, -0.25) is 4.79 Å². The first-order chi connectivity index (χ1) is 10.1. The molecule has 5 nitrogen and oxygen atoms in total. The van der Waals surface area contributed by atoms with Crippen molar-refractivity contribution >= 4 is 35.1 Å². The highest BCUT2D eigenvalue weighted by Gasteiger charge is 2.09. The van der Waals surface area contributed by atoms with Crippen LogP contribution in [-0.2, 0) is 11.2 Å². The number of carbonyl (C=O) groups is 2. The van der Waals surface area contributed by atoms with Gasteiger partial charge in [-0.2, -0.15) is 0 Å². The number of nitrogens with zero attached hydrogens (tertiary/aromatic N) is 1. The lowest BCUT2D eigenvalue weighted by atomic mass is 10.3. The van der Waals surface area contributed by atoms with Crippen molar-refractivity contribution < 1.29 is 14.7 Å². The second kappa shape index (κ2) is 6.81. The molecule has 2 aromatic heterocycles. The minimum Gasteiger partial charge on any atom is -0.478 e. The summed E-state index contributed by atoms with van der Waals surface area (Å²) >= 11 is 1.45. The van der Waals surface area contributed by atoms with E-state index in [0.29, 0.717) is 16.4 Å². The molecule has 108 valence electrons. The molecule has 2 heterocycles. The van der Waals surface area contributed by atoms with Gasteiger partial charge in [0, 0.05) is 11.0 Å². The minimum atomic E-state index is -1.04. The second-order valence-corrected chi connectivity index (χ2v) is 5.36. The molecule has 0 radical (unpaired) electrons. The number of anilines is 1. The van der Waals surface area contributed by atoms with Crippen LogP contribution in [-0.4, -0.2) is 22.0 Å². The molecule has 0 saturated heterocycles. The fourth-order valence-electron chi connectivity index (χ4n) is 1.64. The fourth-order valence-corrected chi connectivity index (χ4v) is 2.48. The summed E-state index contributed by atoms with van der Waals surface area (Å²) in [6.07, 6.45) is 3.27. The van der Waals surface area contributed by atoms with E-state index >= 15 is 0 Å². The topological polar surface area (TPSA) is 79.3 Å². The predicted molar refractivity (Wildman–Crippen MR) is 82.6 cm³/mol. The number of carbonyl (C=O) groups excluding carboxylic acids is 1. The number of carboxylic acid groups (broad SMARTS) is 1. The van der Waals surface area contributed by atoms with Gasteiger partial charge in [-0.05, 0) is 36.8 Å². The molecule has 0 aliphatic carbocycles. The van der Waals surface area contributed by atoms with Crippen molar-refractivity contribution in [2.24, 2.45) is 0 Å². The Morgan fingerprint density at radius 1 is 1.33 bits per heavy atom. The number of thiophene rings is 1. The Kier molecular flexibility index (Phi) is 4.84.